The number of fused-ring (bicyclic) bond motifs is 1. The lowest BCUT2D eigenvalue weighted by Gasteiger charge is -2.17. The Kier molecular flexibility index (Phi) is 15.0. The Bertz CT molecular complexity index is 751. The Hall–Kier alpha value is -0.940. The van der Waals surface area contributed by atoms with E-state index in [1.165, 1.54) is 64.2 Å². The van der Waals surface area contributed by atoms with Crippen LogP contribution in [0.15, 0.2) is 30.3 Å². The maximum Gasteiger partial charge on any atom is 0.169 e. The number of hydrogen-bond donors (Lipinski definition) is 0. The van der Waals surface area contributed by atoms with Crippen molar-refractivity contribution in [2.24, 2.45) is 0 Å². The van der Waals surface area contributed by atoms with Crippen molar-refractivity contribution in [3.8, 4) is 17.2 Å². The molecule has 2 rings (SSSR count). The predicted octanol–water partition coefficient (Wildman–Crippen LogP) is 9.08. The van der Waals surface area contributed by atoms with Gasteiger partial charge in [-0.25, -0.2) is 0 Å². The maximum atomic E-state index is 6.22. The second-order valence-electron chi connectivity index (χ2n) is 8.27. The number of halogens is 2. The smallest absolute Gasteiger partial charge is 0.169 e. The molecule has 0 aliphatic heterocycles. The molecule has 2 aromatic carbocycles. The van der Waals surface area contributed by atoms with Gasteiger partial charge < -0.3 is 14.2 Å². The summed E-state index contributed by atoms with van der Waals surface area (Å²) < 4.78 is 18.1. The Morgan fingerprint density at radius 1 is 0.594 bits per heavy atom. The fourth-order valence-electron chi connectivity index (χ4n) is 3.87. The molecule has 0 amide bonds. The van der Waals surface area contributed by atoms with Crippen molar-refractivity contribution in [2.45, 2.75) is 77.0 Å². The lowest BCUT2D eigenvalue weighted by molar-refractivity contribution is 0.283. The molecule has 0 unspecified atom stereocenters. The van der Waals surface area contributed by atoms with Gasteiger partial charge in [0.2, 0.25) is 0 Å². The minimum absolute atomic E-state index is 0.716. The summed E-state index contributed by atoms with van der Waals surface area (Å²) in [7, 11) is 1.71. The van der Waals surface area contributed by atoms with Gasteiger partial charge in [0, 0.05) is 27.5 Å². The SMILES string of the molecule is COc1cc(OCCCCCCCCBr)c2ccccc2c1OCCCCCCCCBr. The number of unbranched alkanes of at least 4 members (excludes halogenated alkanes) is 10. The van der Waals surface area contributed by atoms with Crippen LogP contribution in [0.3, 0.4) is 0 Å². The predicted molar refractivity (Wildman–Crippen MR) is 144 cm³/mol. The normalized spacial score (nSPS) is 11.1. The highest BCUT2D eigenvalue weighted by Crippen LogP contribution is 2.41. The van der Waals surface area contributed by atoms with Crippen molar-refractivity contribution >= 4 is 42.6 Å². The summed E-state index contributed by atoms with van der Waals surface area (Å²) >= 11 is 6.99. The lowest BCUT2D eigenvalue weighted by Crippen LogP contribution is -2.03. The number of ether oxygens (including phenoxy) is 3. The molecule has 0 heterocycles. The molecule has 3 nitrogen and oxygen atoms in total. The van der Waals surface area contributed by atoms with Crippen LogP contribution in [0.1, 0.15) is 77.0 Å². The van der Waals surface area contributed by atoms with Gasteiger partial charge >= 0.3 is 0 Å². The maximum absolute atomic E-state index is 6.22. The van der Waals surface area contributed by atoms with Crippen molar-refractivity contribution < 1.29 is 14.2 Å². The fraction of sp³-hybridized carbons (Fsp3) is 0.630. The van der Waals surface area contributed by atoms with Gasteiger partial charge in [-0.1, -0.05) is 107 Å². The van der Waals surface area contributed by atoms with Crippen molar-refractivity contribution in [3.63, 3.8) is 0 Å². The van der Waals surface area contributed by atoms with E-state index >= 15 is 0 Å². The summed E-state index contributed by atoms with van der Waals surface area (Å²) in [4.78, 5) is 0. The molecule has 0 aromatic heterocycles. The van der Waals surface area contributed by atoms with Gasteiger partial charge in [-0.2, -0.15) is 0 Å². The molecule has 0 atom stereocenters. The standard InChI is InChI=1S/C27H40Br2O3/c1-30-26-22-25(31-20-14-8-4-2-6-12-18-28)23-16-10-11-17-24(23)27(26)32-21-15-9-5-3-7-13-19-29/h10-11,16-17,22H,2-9,12-15,18-21H2,1H3. The molecule has 0 bridgehead atoms. The third-order valence-corrected chi connectivity index (χ3v) is 6.82. The van der Waals surface area contributed by atoms with Crippen LogP contribution in [0.5, 0.6) is 17.2 Å². The first-order valence-electron chi connectivity index (χ1n) is 12.3. The first-order valence-corrected chi connectivity index (χ1v) is 14.5. The summed E-state index contributed by atoms with van der Waals surface area (Å²) in [5, 5.41) is 4.38. The molecule has 5 heteroatoms. The van der Waals surface area contributed by atoms with Crippen molar-refractivity contribution in [1.29, 1.82) is 0 Å². The highest BCUT2D eigenvalue weighted by Gasteiger charge is 2.15. The van der Waals surface area contributed by atoms with E-state index in [1.807, 2.05) is 6.07 Å². The van der Waals surface area contributed by atoms with E-state index in [1.54, 1.807) is 7.11 Å². The van der Waals surface area contributed by atoms with Crippen molar-refractivity contribution in [3.05, 3.63) is 30.3 Å². The monoisotopic (exact) mass is 570 g/mol. The van der Waals surface area contributed by atoms with Gasteiger partial charge in [-0.15, -0.1) is 0 Å². The molecule has 0 N–H and O–H groups in total. The Labute approximate surface area is 211 Å². The van der Waals surface area contributed by atoms with E-state index < -0.39 is 0 Å². The van der Waals surface area contributed by atoms with Crippen molar-refractivity contribution in [1.82, 2.24) is 0 Å². The average Bonchev–Trinajstić information content (AvgIpc) is 2.82. The van der Waals surface area contributed by atoms with Gasteiger partial charge in [0.05, 0.1) is 20.3 Å². The minimum Gasteiger partial charge on any atom is -0.493 e. The molecule has 0 spiro atoms. The Balaban J connectivity index is 1.89. The van der Waals surface area contributed by atoms with Crippen LogP contribution >= 0.6 is 31.9 Å². The van der Waals surface area contributed by atoms with Gasteiger partial charge in [-0.05, 0) is 25.7 Å². The summed E-state index contributed by atoms with van der Waals surface area (Å²) in [6, 6.07) is 10.3. The van der Waals surface area contributed by atoms with Crippen LogP contribution in [0.25, 0.3) is 10.8 Å². The Morgan fingerprint density at radius 3 is 1.66 bits per heavy atom. The molecule has 2 aromatic rings. The summed E-state index contributed by atoms with van der Waals surface area (Å²) in [5.74, 6) is 2.48. The van der Waals surface area contributed by atoms with Crippen LogP contribution < -0.4 is 14.2 Å². The molecule has 180 valence electrons. The molecular formula is C27H40Br2O3. The van der Waals surface area contributed by atoms with Crippen LogP contribution in [0.2, 0.25) is 0 Å². The van der Waals surface area contributed by atoms with Crippen molar-refractivity contribution in [2.75, 3.05) is 31.0 Å². The van der Waals surface area contributed by atoms with Crippen LogP contribution in [-0.4, -0.2) is 31.0 Å². The fourth-order valence-corrected chi connectivity index (χ4v) is 4.67. The second kappa shape index (κ2) is 17.5. The first-order chi connectivity index (χ1) is 15.8. The van der Waals surface area contributed by atoms with Crippen LogP contribution in [-0.2, 0) is 0 Å². The number of alkyl halides is 2. The zero-order chi connectivity index (χ0) is 22.9. The third-order valence-electron chi connectivity index (χ3n) is 5.70. The molecule has 0 aliphatic carbocycles. The molecule has 0 fully saturated rings. The number of methoxy groups -OCH3 is 1. The molecular weight excluding hydrogens is 532 g/mol. The summed E-state index contributed by atoms with van der Waals surface area (Å²) in [5.41, 5.74) is 0. The van der Waals surface area contributed by atoms with E-state index in [0.29, 0.717) is 6.61 Å². The van der Waals surface area contributed by atoms with Gasteiger partial charge in [0.25, 0.3) is 0 Å². The topological polar surface area (TPSA) is 27.7 Å². The number of hydrogen-bond acceptors (Lipinski definition) is 3. The summed E-state index contributed by atoms with van der Waals surface area (Å²) in [6.07, 6.45) is 14.9. The average molecular weight is 572 g/mol. The van der Waals surface area contributed by atoms with Crippen LogP contribution in [0.4, 0.5) is 0 Å². The minimum atomic E-state index is 0.716. The number of rotatable bonds is 19. The zero-order valence-corrected chi connectivity index (χ0v) is 22.9. The lowest BCUT2D eigenvalue weighted by atomic mass is 10.1. The van der Waals surface area contributed by atoms with E-state index in [-0.39, 0.29) is 0 Å². The van der Waals surface area contributed by atoms with E-state index in [2.05, 4.69) is 56.1 Å². The number of benzene rings is 2. The van der Waals surface area contributed by atoms with E-state index in [9.17, 15) is 0 Å². The third kappa shape index (κ3) is 9.91. The van der Waals surface area contributed by atoms with Gasteiger partial charge in [0.1, 0.15) is 5.75 Å². The van der Waals surface area contributed by atoms with E-state index in [0.717, 1.165) is 58.1 Å². The largest absolute Gasteiger partial charge is 0.493 e. The highest BCUT2D eigenvalue weighted by atomic mass is 79.9. The molecule has 0 aliphatic rings. The van der Waals surface area contributed by atoms with E-state index in [4.69, 9.17) is 14.2 Å². The van der Waals surface area contributed by atoms with Crippen LogP contribution in [0, 0.1) is 0 Å². The molecule has 0 saturated carbocycles. The quantitative estimate of drug-likeness (QED) is 0.124. The van der Waals surface area contributed by atoms with Gasteiger partial charge in [-0.3, -0.25) is 0 Å². The highest BCUT2D eigenvalue weighted by molar-refractivity contribution is 9.09. The molecule has 32 heavy (non-hydrogen) atoms. The van der Waals surface area contributed by atoms with Gasteiger partial charge in [0.15, 0.2) is 11.5 Å². The Morgan fingerprint density at radius 2 is 1.09 bits per heavy atom. The molecule has 0 saturated heterocycles. The second-order valence-corrected chi connectivity index (χ2v) is 9.86. The zero-order valence-electron chi connectivity index (χ0n) is 19.7. The molecule has 0 radical (unpaired) electrons. The first kappa shape index (κ1) is 27.3. The summed E-state index contributed by atoms with van der Waals surface area (Å²) in [6.45, 7) is 1.45.